The molecule has 214 valence electrons. The molecule has 0 aromatic carbocycles. The zero-order valence-electron chi connectivity index (χ0n) is 26.5. The molecule has 37 heavy (non-hydrogen) atoms. The summed E-state index contributed by atoms with van der Waals surface area (Å²) in [6.07, 6.45) is 7.70. The molecular formula is C31H58O4Si2. The minimum atomic E-state index is -2.16. The molecule has 0 N–H and O–H groups in total. The first kappa shape index (κ1) is 31.1. The number of ether oxygens (including phenoxy) is 2. The molecule has 0 aromatic rings. The van der Waals surface area contributed by atoms with Crippen LogP contribution in [-0.4, -0.2) is 47.7 Å². The summed E-state index contributed by atoms with van der Waals surface area (Å²) < 4.78 is 27.8. The van der Waals surface area contributed by atoms with Crippen molar-refractivity contribution in [3.8, 4) is 0 Å². The van der Waals surface area contributed by atoms with Gasteiger partial charge in [-0.25, -0.2) is 0 Å². The fourth-order valence-electron chi connectivity index (χ4n) is 6.22. The van der Waals surface area contributed by atoms with Gasteiger partial charge in [0.2, 0.25) is 0 Å². The van der Waals surface area contributed by atoms with Gasteiger partial charge in [0.15, 0.2) is 16.6 Å². The average Bonchev–Trinajstić information content (AvgIpc) is 2.80. The van der Waals surface area contributed by atoms with Gasteiger partial charge in [0, 0.05) is 18.4 Å². The van der Waals surface area contributed by atoms with Crippen LogP contribution in [0, 0.1) is 23.2 Å². The summed E-state index contributed by atoms with van der Waals surface area (Å²) in [5.74, 6) is 2.01. The summed E-state index contributed by atoms with van der Waals surface area (Å²) in [5, 5.41) is 0.267. The van der Waals surface area contributed by atoms with Gasteiger partial charge in [-0.15, -0.1) is 0 Å². The lowest BCUT2D eigenvalue weighted by Gasteiger charge is -2.60. The first-order chi connectivity index (χ1) is 16.6. The Morgan fingerprint density at radius 3 is 2.14 bits per heavy atom. The molecule has 3 aliphatic rings. The van der Waals surface area contributed by atoms with Gasteiger partial charge >= 0.3 is 0 Å². The highest BCUT2D eigenvalue weighted by molar-refractivity contribution is 6.74. The van der Waals surface area contributed by atoms with Crippen LogP contribution in [0.15, 0.2) is 24.5 Å². The Morgan fingerprint density at radius 1 is 1.00 bits per heavy atom. The lowest BCUT2D eigenvalue weighted by molar-refractivity contribution is -0.228. The molecule has 1 heterocycles. The molecule has 0 spiro atoms. The minimum absolute atomic E-state index is 0.0862. The van der Waals surface area contributed by atoms with Crippen LogP contribution < -0.4 is 0 Å². The lowest BCUT2D eigenvalue weighted by Crippen LogP contribution is -2.65. The van der Waals surface area contributed by atoms with E-state index in [0.29, 0.717) is 25.0 Å². The third-order valence-electron chi connectivity index (χ3n) is 11.0. The zero-order chi connectivity index (χ0) is 28.3. The maximum Gasteiger partial charge on any atom is 0.193 e. The Balaban J connectivity index is 2.16. The van der Waals surface area contributed by atoms with Crippen LogP contribution in [0.4, 0.5) is 0 Å². The highest BCUT2D eigenvalue weighted by atomic mass is 28.4. The predicted octanol–water partition coefficient (Wildman–Crippen LogP) is 8.72. The number of hydrogen-bond donors (Lipinski definition) is 0. The summed E-state index contributed by atoms with van der Waals surface area (Å²) in [6, 6.07) is 0. The molecular weight excluding hydrogens is 493 g/mol. The topological polar surface area (TPSA) is 36.9 Å². The maximum atomic E-state index is 7.52. The van der Waals surface area contributed by atoms with Gasteiger partial charge < -0.3 is 18.3 Å². The van der Waals surface area contributed by atoms with Crippen LogP contribution in [-0.2, 0) is 18.3 Å². The second-order valence-corrected chi connectivity index (χ2v) is 25.6. The van der Waals surface area contributed by atoms with Crippen molar-refractivity contribution in [1.82, 2.24) is 0 Å². The highest BCUT2D eigenvalue weighted by Gasteiger charge is 2.64. The van der Waals surface area contributed by atoms with E-state index < -0.39 is 22.2 Å². The van der Waals surface area contributed by atoms with E-state index in [-0.39, 0.29) is 27.0 Å². The van der Waals surface area contributed by atoms with Crippen LogP contribution in [0.2, 0.25) is 36.3 Å². The molecule has 5 atom stereocenters. The van der Waals surface area contributed by atoms with Crippen LogP contribution >= 0.6 is 0 Å². The van der Waals surface area contributed by atoms with Crippen LogP contribution in [0.3, 0.4) is 0 Å². The summed E-state index contributed by atoms with van der Waals surface area (Å²) >= 11 is 0. The van der Waals surface area contributed by atoms with Crippen molar-refractivity contribution in [2.45, 2.75) is 129 Å². The van der Waals surface area contributed by atoms with Crippen molar-refractivity contribution in [2.75, 3.05) is 19.8 Å². The molecule has 0 amide bonds. The monoisotopic (exact) mass is 550 g/mol. The highest BCUT2D eigenvalue weighted by Crippen LogP contribution is 2.62. The second kappa shape index (κ2) is 9.90. The summed E-state index contributed by atoms with van der Waals surface area (Å²) in [7, 11) is -4.05. The van der Waals surface area contributed by atoms with Crippen molar-refractivity contribution in [1.29, 1.82) is 0 Å². The minimum Gasteiger partial charge on any atom is -0.491 e. The Kier molecular flexibility index (Phi) is 8.33. The fourth-order valence-corrected chi connectivity index (χ4v) is 8.78. The molecule has 2 bridgehead atoms. The second-order valence-electron chi connectivity index (χ2n) is 16.1. The van der Waals surface area contributed by atoms with Crippen LogP contribution in [0.25, 0.3) is 0 Å². The first-order valence-corrected chi connectivity index (χ1v) is 20.4. The van der Waals surface area contributed by atoms with Crippen molar-refractivity contribution < 1.29 is 18.3 Å². The number of rotatable bonds is 8. The normalized spacial score (nSPS) is 34.4. The van der Waals surface area contributed by atoms with Gasteiger partial charge in [-0.1, -0.05) is 61.1 Å². The predicted molar refractivity (Wildman–Crippen MR) is 161 cm³/mol. The van der Waals surface area contributed by atoms with Crippen molar-refractivity contribution in [2.24, 2.45) is 23.2 Å². The van der Waals surface area contributed by atoms with Gasteiger partial charge in [0.1, 0.15) is 18.0 Å². The maximum absolute atomic E-state index is 7.52. The van der Waals surface area contributed by atoms with Crippen LogP contribution in [0.5, 0.6) is 0 Å². The van der Waals surface area contributed by atoms with E-state index in [1.165, 1.54) is 6.42 Å². The summed E-state index contributed by atoms with van der Waals surface area (Å²) in [6.45, 7) is 36.2. The molecule has 2 fully saturated rings. The van der Waals surface area contributed by atoms with E-state index in [2.05, 4.69) is 101 Å². The largest absolute Gasteiger partial charge is 0.491 e. The summed E-state index contributed by atoms with van der Waals surface area (Å²) in [5.41, 5.74) is -0.606. The Bertz CT molecular complexity index is 879. The Hall–Kier alpha value is -0.406. The third kappa shape index (κ3) is 5.75. The fraction of sp³-hybridized carbons (Fsp3) is 0.871. The van der Waals surface area contributed by atoms with E-state index in [1.807, 2.05) is 6.08 Å². The SMILES string of the molecule is C=CCOC1=C[C@H](CO[Si](C)(C)C(C)(C)C)[C@@]2(C)CCC3C(C2)[C@@]1(O[Si](C)(C)C(C)(C)C)COC3(C)C. The van der Waals surface area contributed by atoms with Gasteiger partial charge in [-0.05, 0) is 86.8 Å². The van der Waals surface area contributed by atoms with Gasteiger partial charge in [-0.2, -0.15) is 0 Å². The average molecular weight is 551 g/mol. The zero-order valence-corrected chi connectivity index (χ0v) is 28.5. The van der Waals surface area contributed by atoms with Gasteiger partial charge in [-0.3, -0.25) is 0 Å². The molecule has 1 saturated heterocycles. The third-order valence-corrected chi connectivity index (χ3v) is 20.0. The summed E-state index contributed by atoms with van der Waals surface area (Å²) in [4.78, 5) is 0. The molecule has 1 aliphatic heterocycles. The van der Waals surface area contributed by atoms with Crippen molar-refractivity contribution >= 4 is 16.6 Å². The van der Waals surface area contributed by atoms with E-state index in [1.54, 1.807) is 0 Å². The van der Waals surface area contributed by atoms with Crippen LogP contribution in [0.1, 0.15) is 81.6 Å². The molecule has 4 nitrogen and oxygen atoms in total. The van der Waals surface area contributed by atoms with Gasteiger partial charge in [0.25, 0.3) is 0 Å². The standard InChI is InChI=1S/C31H58O4Si2/c1-15-18-32-26-19-23(21-34-36(11,12)27(2,3)4)30(10)17-16-24-25(20-30)31(26,22-33-29(24,8)9)35-37(13,14)28(5,6)7/h15,19,23-25H,1,16-18,20-22H2,2-14H3/t23-,24?,25?,30+,31+/m1/s1. The van der Waals surface area contributed by atoms with Gasteiger partial charge in [0.05, 0.1) is 12.2 Å². The number of hydrogen-bond acceptors (Lipinski definition) is 4. The quantitative estimate of drug-likeness (QED) is 0.224. The number of fused-ring (bicyclic) bond motifs is 1. The first-order valence-electron chi connectivity index (χ1n) is 14.6. The van der Waals surface area contributed by atoms with E-state index >= 15 is 0 Å². The smallest absolute Gasteiger partial charge is 0.193 e. The van der Waals surface area contributed by atoms with Crippen molar-refractivity contribution in [3.63, 3.8) is 0 Å². The van der Waals surface area contributed by atoms with E-state index in [9.17, 15) is 0 Å². The molecule has 0 aromatic heterocycles. The van der Waals surface area contributed by atoms with Crippen molar-refractivity contribution in [3.05, 3.63) is 24.5 Å². The molecule has 0 radical (unpaired) electrons. The molecule has 2 aliphatic carbocycles. The molecule has 3 rings (SSSR count). The Morgan fingerprint density at radius 2 is 1.59 bits per heavy atom. The van der Waals surface area contributed by atoms with E-state index in [4.69, 9.17) is 18.3 Å². The van der Waals surface area contributed by atoms with E-state index in [0.717, 1.165) is 25.2 Å². The molecule has 2 unspecified atom stereocenters. The Labute approximate surface area is 231 Å². The lowest BCUT2D eigenvalue weighted by atomic mass is 9.55. The molecule has 6 heteroatoms. The molecule has 1 saturated carbocycles.